The zero-order chi connectivity index (χ0) is 20.4. The van der Waals surface area contributed by atoms with Gasteiger partial charge in [-0.05, 0) is 61.7 Å². The third-order valence-corrected chi connectivity index (χ3v) is 5.62. The molecule has 3 heterocycles. The average molecular weight is 390 g/mol. The summed E-state index contributed by atoms with van der Waals surface area (Å²) < 4.78 is 5.42. The number of methoxy groups -OCH3 is 1. The Bertz CT molecular complexity index is 1060. The number of benzene rings is 1. The number of ether oxygens (including phenoxy) is 1. The quantitative estimate of drug-likeness (QED) is 0.723. The van der Waals surface area contributed by atoms with Gasteiger partial charge in [-0.3, -0.25) is 14.7 Å². The second-order valence-electron chi connectivity index (χ2n) is 7.73. The molecule has 1 fully saturated rings. The Hall–Kier alpha value is -2.99. The highest BCUT2D eigenvalue weighted by Gasteiger charge is 2.26. The molecule has 1 aliphatic rings. The molecule has 29 heavy (non-hydrogen) atoms. The summed E-state index contributed by atoms with van der Waals surface area (Å²) in [5, 5.41) is 0. The fourth-order valence-electron chi connectivity index (χ4n) is 4.01. The second kappa shape index (κ2) is 8.17. The van der Waals surface area contributed by atoms with Crippen molar-refractivity contribution < 1.29 is 4.74 Å². The van der Waals surface area contributed by atoms with E-state index in [9.17, 15) is 4.79 Å². The SMILES string of the molecule is COc1cc(C)c(CN2CC[C@H](c3nc(-c4cccnc4)cc(=O)[nH]3)C2)cc1C. The number of nitrogens with one attached hydrogen (secondary N) is 1. The smallest absolute Gasteiger partial charge is 0.251 e. The summed E-state index contributed by atoms with van der Waals surface area (Å²) in [4.78, 5) is 26.5. The first kappa shape index (κ1) is 19.3. The van der Waals surface area contributed by atoms with Crippen molar-refractivity contribution >= 4 is 0 Å². The summed E-state index contributed by atoms with van der Waals surface area (Å²) in [7, 11) is 1.71. The van der Waals surface area contributed by atoms with Gasteiger partial charge in [0.05, 0.1) is 12.8 Å². The predicted molar refractivity (Wildman–Crippen MR) is 113 cm³/mol. The van der Waals surface area contributed by atoms with Gasteiger partial charge in [-0.1, -0.05) is 6.07 Å². The van der Waals surface area contributed by atoms with Crippen molar-refractivity contribution in [2.45, 2.75) is 32.7 Å². The zero-order valence-corrected chi connectivity index (χ0v) is 17.1. The fourth-order valence-corrected chi connectivity index (χ4v) is 4.01. The Morgan fingerprint density at radius 3 is 2.86 bits per heavy atom. The maximum atomic E-state index is 12.2. The highest BCUT2D eigenvalue weighted by atomic mass is 16.5. The van der Waals surface area contributed by atoms with Crippen molar-refractivity contribution in [1.82, 2.24) is 19.9 Å². The normalized spacial score (nSPS) is 16.9. The molecule has 3 aromatic rings. The van der Waals surface area contributed by atoms with Crippen LogP contribution in [0.25, 0.3) is 11.3 Å². The van der Waals surface area contributed by atoms with Crippen molar-refractivity contribution in [2.75, 3.05) is 20.2 Å². The van der Waals surface area contributed by atoms with E-state index in [2.05, 4.69) is 40.8 Å². The van der Waals surface area contributed by atoms with Gasteiger partial charge in [0.2, 0.25) is 0 Å². The number of pyridine rings is 1. The van der Waals surface area contributed by atoms with Crippen LogP contribution in [-0.2, 0) is 6.54 Å². The molecule has 0 amide bonds. The van der Waals surface area contributed by atoms with E-state index in [-0.39, 0.29) is 11.5 Å². The molecule has 1 atom stereocenters. The maximum Gasteiger partial charge on any atom is 0.251 e. The van der Waals surface area contributed by atoms with Gasteiger partial charge in [0.15, 0.2) is 0 Å². The third kappa shape index (κ3) is 4.22. The molecule has 0 unspecified atom stereocenters. The van der Waals surface area contributed by atoms with Crippen molar-refractivity contribution in [3.8, 4) is 17.0 Å². The Morgan fingerprint density at radius 2 is 2.10 bits per heavy atom. The lowest BCUT2D eigenvalue weighted by Gasteiger charge is -2.19. The number of nitrogens with zero attached hydrogens (tertiary/aromatic N) is 3. The van der Waals surface area contributed by atoms with Crippen LogP contribution in [0.4, 0.5) is 0 Å². The van der Waals surface area contributed by atoms with E-state index < -0.39 is 0 Å². The van der Waals surface area contributed by atoms with Crippen molar-refractivity contribution in [3.63, 3.8) is 0 Å². The van der Waals surface area contributed by atoms with Gasteiger partial charge < -0.3 is 9.72 Å². The molecule has 1 aliphatic heterocycles. The number of aryl methyl sites for hydroxylation is 2. The Balaban J connectivity index is 1.51. The van der Waals surface area contributed by atoms with E-state index in [1.807, 2.05) is 12.1 Å². The Labute approximate surface area is 170 Å². The van der Waals surface area contributed by atoms with Gasteiger partial charge in [-0.25, -0.2) is 4.98 Å². The first-order valence-corrected chi connectivity index (χ1v) is 9.91. The molecule has 150 valence electrons. The first-order chi connectivity index (χ1) is 14.0. The summed E-state index contributed by atoms with van der Waals surface area (Å²) in [5.74, 6) is 1.92. The number of H-pyrrole nitrogens is 1. The van der Waals surface area contributed by atoms with Crippen LogP contribution >= 0.6 is 0 Å². The number of aromatic nitrogens is 3. The number of hydrogen-bond donors (Lipinski definition) is 1. The third-order valence-electron chi connectivity index (χ3n) is 5.62. The number of rotatable bonds is 5. The zero-order valence-electron chi connectivity index (χ0n) is 17.1. The minimum Gasteiger partial charge on any atom is -0.496 e. The van der Waals surface area contributed by atoms with Gasteiger partial charge in [0, 0.05) is 43.0 Å². The van der Waals surface area contributed by atoms with E-state index in [1.54, 1.807) is 19.5 Å². The molecular formula is C23H26N4O2. The molecule has 0 radical (unpaired) electrons. The van der Waals surface area contributed by atoms with E-state index >= 15 is 0 Å². The van der Waals surface area contributed by atoms with Crippen molar-refractivity contribution in [1.29, 1.82) is 0 Å². The molecule has 0 saturated carbocycles. The Morgan fingerprint density at radius 1 is 1.24 bits per heavy atom. The average Bonchev–Trinajstić information content (AvgIpc) is 3.19. The van der Waals surface area contributed by atoms with Crippen molar-refractivity contribution in [2.24, 2.45) is 0 Å². The maximum absolute atomic E-state index is 12.2. The van der Waals surface area contributed by atoms with Gasteiger partial charge in [0.1, 0.15) is 11.6 Å². The summed E-state index contributed by atoms with van der Waals surface area (Å²) in [5.41, 5.74) is 5.12. The molecular weight excluding hydrogens is 364 g/mol. The minimum atomic E-state index is -0.117. The Kier molecular flexibility index (Phi) is 5.45. The lowest BCUT2D eigenvalue weighted by Crippen LogP contribution is -2.22. The predicted octanol–water partition coefficient (Wildman–Crippen LogP) is 3.45. The van der Waals surface area contributed by atoms with Crippen LogP contribution in [0.15, 0.2) is 47.5 Å². The second-order valence-corrected chi connectivity index (χ2v) is 7.73. The number of aromatic amines is 1. The molecule has 6 heteroatoms. The molecule has 1 saturated heterocycles. The summed E-state index contributed by atoms with van der Waals surface area (Å²) in [6.45, 7) is 6.95. The molecule has 1 N–H and O–H groups in total. The van der Waals surface area contributed by atoms with Crippen LogP contribution in [0.3, 0.4) is 0 Å². The first-order valence-electron chi connectivity index (χ1n) is 9.91. The van der Waals surface area contributed by atoms with Crippen LogP contribution in [0.1, 0.15) is 34.9 Å². The van der Waals surface area contributed by atoms with Crippen LogP contribution in [-0.4, -0.2) is 40.1 Å². The van der Waals surface area contributed by atoms with Gasteiger partial charge >= 0.3 is 0 Å². The molecule has 0 spiro atoms. The molecule has 4 rings (SSSR count). The fraction of sp³-hybridized carbons (Fsp3) is 0.348. The highest BCUT2D eigenvalue weighted by Crippen LogP contribution is 2.29. The van der Waals surface area contributed by atoms with E-state index in [0.717, 1.165) is 48.8 Å². The summed E-state index contributed by atoms with van der Waals surface area (Å²) in [6, 6.07) is 9.64. The van der Waals surface area contributed by atoms with Crippen molar-refractivity contribution in [3.05, 3.63) is 75.6 Å². The summed E-state index contributed by atoms with van der Waals surface area (Å²) in [6.07, 6.45) is 4.43. The molecule has 0 bridgehead atoms. The van der Waals surface area contributed by atoms with Gasteiger partial charge in [0.25, 0.3) is 5.56 Å². The monoisotopic (exact) mass is 390 g/mol. The highest BCUT2D eigenvalue weighted by molar-refractivity contribution is 5.57. The molecule has 6 nitrogen and oxygen atoms in total. The van der Waals surface area contributed by atoms with E-state index in [1.165, 1.54) is 17.2 Å². The van der Waals surface area contributed by atoms with E-state index in [4.69, 9.17) is 9.72 Å². The summed E-state index contributed by atoms with van der Waals surface area (Å²) >= 11 is 0. The standard InChI is InChI=1S/C23H26N4O2/c1-15-10-21(29-3)16(2)9-19(15)14-27-8-6-18(13-27)23-25-20(11-22(28)26-23)17-5-4-7-24-12-17/h4-5,7,9-12,18H,6,8,13-14H2,1-3H3,(H,25,26,28)/t18-/m0/s1. The van der Waals surface area contributed by atoms with Crippen LogP contribution in [0.2, 0.25) is 0 Å². The van der Waals surface area contributed by atoms with Gasteiger partial charge in [-0.2, -0.15) is 0 Å². The molecule has 2 aromatic heterocycles. The minimum absolute atomic E-state index is 0.117. The molecule has 1 aromatic carbocycles. The van der Waals surface area contributed by atoms with Crippen LogP contribution < -0.4 is 10.3 Å². The van der Waals surface area contributed by atoms with Gasteiger partial charge in [-0.15, -0.1) is 0 Å². The van der Waals surface area contributed by atoms with Crippen LogP contribution in [0, 0.1) is 13.8 Å². The number of hydrogen-bond acceptors (Lipinski definition) is 5. The lowest BCUT2D eigenvalue weighted by molar-refractivity contribution is 0.324. The molecule has 0 aliphatic carbocycles. The topological polar surface area (TPSA) is 71.1 Å². The largest absolute Gasteiger partial charge is 0.496 e. The lowest BCUT2D eigenvalue weighted by atomic mass is 10.0. The number of likely N-dealkylation sites (tertiary alicyclic amines) is 1. The van der Waals surface area contributed by atoms with E-state index in [0.29, 0.717) is 5.69 Å². The van der Waals surface area contributed by atoms with Crippen LogP contribution in [0.5, 0.6) is 5.75 Å².